The molecule has 32 heavy (non-hydrogen) atoms. The van der Waals surface area contributed by atoms with Gasteiger partial charge < -0.3 is 15.2 Å². The molecule has 0 bridgehead atoms. The number of nitrogens with zero attached hydrogens (tertiary/aromatic N) is 1. The van der Waals surface area contributed by atoms with Gasteiger partial charge in [0.15, 0.2) is 23.0 Å². The maximum atomic E-state index is 14.0. The maximum absolute atomic E-state index is 14.0. The molecular formula is C21H19F5N2O4. The molecule has 11 heteroatoms. The zero-order valence-corrected chi connectivity index (χ0v) is 17.1. The number of aromatic hydroxyl groups is 1. The summed E-state index contributed by atoms with van der Waals surface area (Å²) >= 11 is 0. The summed E-state index contributed by atoms with van der Waals surface area (Å²) in [5.41, 5.74) is -3.14. The Kier molecular flexibility index (Phi) is 5.98. The Labute approximate surface area is 179 Å². The standard InChI is InChI=1S/C21H19F5N2O4/c1-9-15(12-4-5-13(22)16(23)17(12)30)18(32-20(9,3)21(24,25)26)19(31)28-11-6-7-27-14(8-11)10(2)29/h4-9,15,18,30H,1-3H3,(H,27,28,31)/t9-,15+,18-,20-/m1/s1. The van der Waals surface area contributed by atoms with Gasteiger partial charge in [-0.3, -0.25) is 14.6 Å². The average Bonchev–Trinajstić information content (AvgIpc) is 2.99. The number of pyridine rings is 1. The fraction of sp³-hybridized carbons (Fsp3) is 0.381. The predicted octanol–water partition coefficient (Wildman–Crippen LogP) is 4.35. The molecule has 0 saturated carbocycles. The Morgan fingerprint density at radius 3 is 2.47 bits per heavy atom. The number of alkyl halides is 3. The third-order valence-electron chi connectivity index (χ3n) is 5.77. The minimum atomic E-state index is -4.91. The molecule has 1 saturated heterocycles. The van der Waals surface area contributed by atoms with E-state index in [-0.39, 0.29) is 11.4 Å². The minimum Gasteiger partial charge on any atom is -0.505 e. The van der Waals surface area contributed by atoms with Crippen molar-refractivity contribution in [1.82, 2.24) is 4.98 Å². The first-order valence-electron chi connectivity index (χ1n) is 9.47. The van der Waals surface area contributed by atoms with Crippen LogP contribution >= 0.6 is 0 Å². The summed E-state index contributed by atoms with van der Waals surface area (Å²) in [4.78, 5) is 28.3. The van der Waals surface area contributed by atoms with E-state index in [4.69, 9.17) is 4.74 Å². The van der Waals surface area contributed by atoms with Crippen LogP contribution in [-0.2, 0) is 9.53 Å². The number of nitrogens with one attached hydrogen (secondary N) is 1. The molecule has 1 aromatic heterocycles. The van der Waals surface area contributed by atoms with E-state index < -0.39 is 64.4 Å². The number of phenolic OH excluding ortho intramolecular Hbond substituents is 1. The van der Waals surface area contributed by atoms with Crippen molar-refractivity contribution < 1.29 is 41.4 Å². The Balaban J connectivity index is 2.05. The summed E-state index contributed by atoms with van der Waals surface area (Å²) in [5.74, 6) is -8.59. The normalized spacial score (nSPS) is 25.6. The van der Waals surface area contributed by atoms with E-state index >= 15 is 0 Å². The van der Waals surface area contributed by atoms with E-state index in [0.29, 0.717) is 6.07 Å². The number of phenols is 1. The molecule has 2 heterocycles. The molecule has 1 aliphatic rings. The number of ether oxygens (including phenoxy) is 1. The number of Topliss-reactive ketones (excluding diaryl/α,β-unsaturated/α-hetero) is 1. The van der Waals surface area contributed by atoms with Crippen molar-refractivity contribution in [2.24, 2.45) is 5.92 Å². The van der Waals surface area contributed by atoms with Gasteiger partial charge >= 0.3 is 6.18 Å². The third-order valence-corrected chi connectivity index (χ3v) is 5.77. The zero-order valence-electron chi connectivity index (χ0n) is 17.1. The van der Waals surface area contributed by atoms with Crippen LogP contribution in [0.5, 0.6) is 5.75 Å². The predicted molar refractivity (Wildman–Crippen MR) is 102 cm³/mol. The Morgan fingerprint density at radius 1 is 1.22 bits per heavy atom. The Morgan fingerprint density at radius 2 is 1.88 bits per heavy atom. The van der Waals surface area contributed by atoms with Crippen molar-refractivity contribution in [1.29, 1.82) is 0 Å². The average molecular weight is 458 g/mol. The molecule has 1 fully saturated rings. The number of hydrogen-bond donors (Lipinski definition) is 2. The van der Waals surface area contributed by atoms with Crippen molar-refractivity contribution in [3.63, 3.8) is 0 Å². The number of amides is 1. The molecule has 172 valence electrons. The first-order valence-corrected chi connectivity index (χ1v) is 9.47. The summed E-state index contributed by atoms with van der Waals surface area (Å²) in [6.07, 6.45) is -5.50. The molecule has 2 N–H and O–H groups in total. The van der Waals surface area contributed by atoms with E-state index in [0.717, 1.165) is 19.9 Å². The van der Waals surface area contributed by atoms with Gasteiger partial charge in [-0.1, -0.05) is 13.0 Å². The van der Waals surface area contributed by atoms with Gasteiger partial charge in [-0.2, -0.15) is 17.6 Å². The second-order valence-corrected chi connectivity index (χ2v) is 7.73. The topological polar surface area (TPSA) is 88.5 Å². The molecule has 0 unspecified atom stereocenters. The number of ketones is 1. The van der Waals surface area contributed by atoms with Crippen LogP contribution in [0.3, 0.4) is 0 Å². The number of anilines is 1. The Hall–Kier alpha value is -3.08. The number of hydrogen-bond acceptors (Lipinski definition) is 5. The van der Waals surface area contributed by atoms with Gasteiger partial charge in [0, 0.05) is 36.2 Å². The fourth-order valence-electron chi connectivity index (χ4n) is 3.76. The maximum Gasteiger partial charge on any atom is 0.417 e. The monoisotopic (exact) mass is 458 g/mol. The lowest BCUT2D eigenvalue weighted by molar-refractivity contribution is -0.272. The molecular weight excluding hydrogens is 439 g/mol. The molecule has 0 spiro atoms. The Bertz CT molecular complexity index is 1070. The molecule has 0 radical (unpaired) electrons. The van der Waals surface area contributed by atoms with Gasteiger partial charge in [0.2, 0.25) is 5.82 Å². The van der Waals surface area contributed by atoms with E-state index in [1.54, 1.807) is 0 Å². The molecule has 4 atom stereocenters. The highest BCUT2D eigenvalue weighted by atomic mass is 19.4. The van der Waals surface area contributed by atoms with Gasteiger partial charge in [-0.25, -0.2) is 4.39 Å². The van der Waals surface area contributed by atoms with Gasteiger partial charge in [-0.05, 0) is 25.1 Å². The summed E-state index contributed by atoms with van der Waals surface area (Å²) in [7, 11) is 0. The summed E-state index contributed by atoms with van der Waals surface area (Å²) in [6, 6.07) is 4.11. The lowest BCUT2D eigenvalue weighted by Crippen LogP contribution is -2.47. The number of halogens is 5. The van der Waals surface area contributed by atoms with Crippen molar-refractivity contribution in [3.8, 4) is 5.75 Å². The highest BCUT2D eigenvalue weighted by Crippen LogP contribution is 2.54. The molecule has 0 aliphatic carbocycles. The molecule has 3 rings (SSSR count). The highest BCUT2D eigenvalue weighted by Gasteiger charge is 2.65. The molecule has 2 aromatic rings. The van der Waals surface area contributed by atoms with Crippen molar-refractivity contribution in [2.45, 2.75) is 44.6 Å². The van der Waals surface area contributed by atoms with Crippen LogP contribution in [-0.4, -0.2) is 39.7 Å². The van der Waals surface area contributed by atoms with Crippen molar-refractivity contribution >= 4 is 17.4 Å². The lowest BCUT2D eigenvalue weighted by Gasteiger charge is -2.31. The minimum absolute atomic E-state index is 0.0124. The molecule has 1 amide bonds. The van der Waals surface area contributed by atoms with Crippen LogP contribution in [0.25, 0.3) is 0 Å². The first-order chi connectivity index (χ1) is 14.8. The zero-order chi connectivity index (χ0) is 24.0. The quantitative estimate of drug-likeness (QED) is 0.526. The van der Waals surface area contributed by atoms with Crippen LogP contribution in [0.1, 0.15) is 42.7 Å². The molecule has 1 aliphatic heterocycles. The summed E-state index contributed by atoms with van der Waals surface area (Å²) in [6.45, 7) is 3.13. The second-order valence-electron chi connectivity index (χ2n) is 7.73. The van der Waals surface area contributed by atoms with E-state index in [9.17, 15) is 36.6 Å². The summed E-state index contributed by atoms with van der Waals surface area (Å²) in [5, 5.41) is 12.4. The number of carbonyl (C=O) groups excluding carboxylic acids is 2. The van der Waals surface area contributed by atoms with Gasteiger partial charge in [-0.15, -0.1) is 0 Å². The fourth-order valence-corrected chi connectivity index (χ4v) is 3.76. The number of rotatable bonds is 4. The first kappa shape index (κ1) is 23.6. The largest absolute Gasteiger partial charge is 0.505 e. The number of aromatic nitrogens is 1. The smallest absolute Gasteiger partial charge is 0.417 e. The van der Waals surface area contributed by atoms with Gasteiger partial charge in [0.1, 0.15) is 11.8 Å². The number of carbonyl (C=O) groups is 2. The molecule has 1 aromatic carbocycles. The van der Waals surface area contributed by atoms with Gasteiger partial charge in [0.05, 0.1) is 0 Å². The van der Waals surface area contributed by atoms with Crippen LogP contribution in [0.15, 0.2) is 30.5 Å². The van der Waals surface area contributed by atoms with Crippen LogP contribution < -0.4 is 5.32 Å². The van der Waals surface area contributed by atoms with Crippen molar-refractivity contribution in [2.75, 3.05) is 5.32 Å². The van der Waals surface area contributed by atoms with E-state index in [1.807, 2.05) is 0 Å². The SMILES string of the molecule is CC(=O)c1cc(NC(=O)[C@@H]2O[C@@](C)(C(F)(F)F)[C@H](C)[C@H]2c2ccc(F)c(F)c2O)ccn1. The van der Waals surface area contributed by atoms with E-state index in [1.165, 1.54) is 25.3 Å². The van der Waals surface area contributed by atoms with Crippen LogP contribution in [0.2, 0.25) is 0 Å². The third kappa shape index (κ3) is 3.92. The van der Waals surface area contributed by atoms with Crippen LogP contribution in [0, 0.1) is 17.6 Å². The van der Waals surface area contributed by atoms with Gasteiger partial charge in [0.25, 0.3) is 5.91 Å². The lowest BCUT2D eigenvalue weighted by atomic mass is 9.77. The van der Waals surface area contributed by atoms with Crippen molar-refractivity contribution in [3.05, 3.63) is 53.4 Å². The highest BCUT2D eigenvalue weighted by molar-refractivity contribution is 5.97. The van der Waals surface area contributed by atoms with E-state index in [2.05, 4.69) is 10.3 Å². The van der Waals surface area contributed by atoms with Crippen LogP contribution in [0.4, 0.5) is 27.6 Å². The molecule has 6 nitrogen and oxygen atoms in total. The second kappa shape index (κ2) is 8.12. The number of benzene rings is 1. The summed E-state index contributed by atoms with van der Waals surface area (Å²) < 4.78 is 74.1.